The summed E-state index contributed by atoms with van der Waals surface area (Å²) >= 11 is 0. The van der Waals surface area contributed by atoms with Gasteiger partial charge in [0.2, 0.25) is 5.52 Å². The van der Waals surface area contributed by atoms with Crippen molar-refractivity contribution < 1.29 is 18.4 Å². The molecule has 10 heterocycles. The van der Waals surface area contributed by atoms with E-state index in [1.807, 2.05) is 53.6 Å². The summed E-state index contributed by atoms with van der Waals surface area (Å²) in [6.07, 6.45) is 35.6. The molecule has 0 unspecified atom stereocenters. The predicted molar refractivity (Wildman–Crippen MR) is 262 cm³/mol. The third-order valence-corrected chi connectivity index (χ3v) is 12.4. The van der Waals surface area contributed by atoms with E-state index in [-0.39, 0.29) is 0 Å². The SMILES string of the molecule is CN1C=CC(=C2C3=NC(=C(c4cccc(OCCCCC[n+]5c[nH]c6c(N)ncnc65)c4)C4=NC(=C(c5cc[n+](C)cc5)c5ccc([nH]5)C(c5cc[n+](C)cc5)=C5C=CC2=N5)C=C4)C=C3)C=C1. The molecule has 0 aliphatic carbocycles. The molecule has 1 aromatic carbocycles. The van der Waals surface area contributed by atoms with E-state index >= 15 is 0 Å². The first-order chi connectivity index (χ1) is 32.8. The van der Waals surface area contributed by atoms with Crippen molar-refractivity contribution in [2.45, 2.75) is 25.8 Å². The molecule has 5 aromatic heterocycles. The number of fused-ring (bicyclic) bond motifs is 6. The zero-order chi connectivity index (χ0) is 45.4. The Morgan fingerprint density at radius 2 is 1.22 bits per heavy atom. The van der Waals surface area contributed by atoms with Gasteiger partial charge in [-0.05, 0) is 114 Å². The lowest BCUT2D eigenvalue weighted by atomic mass is 9.97. The minimum atomic E-state index is 0.452. The van der Waals surface area contributed by atoms with Crippen LogP contribution in [-0.2, 0) is 20.6 Å². The minimum absolute atomic E-state index is 0.452. The molecule has 0 saturated heterocycles. The van der Waals surface area contributed by atoms with Crippen molar-refractivity contribution >= 4 is 50.8 Å². The van der Waals surface area contributed by atoms with Gasteiger partial charge in [0, 0.05) is 77.4 Å². The maximum atomic E-state index is 6.44. The molecule has 11 rings (SSSR count). The van der Waals surface area contributed by atoms with Crippen LogP contribution < -0.4 is 24.2 Å². The maximum Gasteiger partial charge on any atom is 0.307 e. The lowest BCUT2D eigenvalue weighted by Crippen LogP contribution is -2.32. The van der Waals surface area contributed by atoms with E-state index in [0.717, 1.165) is 133 Å². The highest BCUT2D eigenvalue weighted by molar-refractivity contribution is 6.36. The molecule has 0 fully saturated rings. The number of hydrogen-bond acceptors (Lipinski definition) is 8. The fraction of sp³-hybridized carbons (Fsp3) is 0.148. The van der Waals surface area contributed by atoms with Gasteiger partial charge in [-0.3, -0.25) is 4.98 Å². The number of rotatable bonds is 10. The molecule has 0 radical (unpaired) electrons. The second kappa shape index (κ2) is 17.4. The van der Waals surface area contributed by atoms with Gasteiger partial charge in [0.05, 0.1) is 47.4 Å². The van der Waals surface area contributed by atoms with Gasteiger partial charge in [-0.15, -0.1) is 0 Å². The minimum Gasteiger partial charge on any atom is -0.494 e. The number of anilines is 1. The maximum absolute atomic E-state index is 6.44. The van der Waals surface area contributed by atoms with Crippen LogP contribution >= 0.6 is 0 Å². The number of unbranched alkanes of at least 4 members (excludes halogenated alkanes) is 2. The van der Waals surface area contributed by atoms with Crippen LogP contribution in [0.15, 0.2) is 202 Å². The monoisotopic (exact) mass is 881 g/mol. The molecule has 5 aliphatic rings. The number of hydrogen-bond donors (Lipinski definition) is 3. The Morgan fingerprint density at radius 1 is 0.627 bits per heavy atom. The number of aromatic nitrogens is 7. The van der Waals surface area contributed by atoms with Gasteiger partial charge in [0.1, 0.15) is 19.8 Å². The molecule has 13 heteroatoms. The van der Waals surface area contributed by atoms with Crippen molar-refractivity contribution in [3.05, 3.63) is 215 Å². The first kappa shape index (κ1) is 41.1. The molecular weight excluding hydrogens is 833 g/mol. The summed E-state index contributed by atoms with van der Waals surface area (Å²) in [5.74, 6) is 1.24. The average molecular weight is 882 g/mol. The fourth-order valence-corrected chi connectivity index (χ4v) is 8.96. The van der Waals surface area contributed by atoms with E-state index in [1.54, 1.807) is 0 Å². The van der Waals surface area contributed by atoms with Crippen molar-refractivity contribution in [2.75, 3.05) is 19.4 Å². The number of aliphatic imine (C=N–C) groups is 3. The van der Waals surface area contributed by atoms with E-state index in [9.17, 15) is 0 Å². The second-order valence-corrected chi connectivity index (χ2v) is 17.1. The zero-order valence-electron chi connectivity index (χ0n) is 37.6. The Hall–Kier alpha value is -8.58. The Balaban J connectivity index is 1.00. The lowest BCUT2D eigenvalue weighted by molar-refractivity contribution is -0.673. The highest BCUT2D eigenvalue weighted by atomic mass is 16.5. The van der Waals surface area contributed by atoms with Crippen LogP contribution in [0.25, 0.3) is 27.9 Å². The van der Waals surface area contributed by atoms with Gasteiger partial charge >= 0.3 is 5.65 Å². The average Bonchev–Trinajstić information content (AvgIpc) is 4.21. The first-order valence-electron chi connectivity index (χ1n) is 22.5. The van der Waals surface area contributed by atoms with Gasteiger partial charge in [-0.2, -0.15) is 4.98 Å². The van der Waals surface area contributed by atoms with Crippen LogP contribution in [0.4, 0.5) is 5.82 Å². The molecule has 8 bridgehead atoms. The third kappa shape index (κ3) is 8.11. The zero-order valence-corrected chi connectivity index (χ0v) is 37.6. The molecule has 328 valence electrons. The van der Waals surface area contributed by atoms with Gasteiger partial charge in [-0.25, -0.2) is 28.7 Å². The van der Waals surface area contributed by atoms with E-state index in [4.69, 9.17) is 25.4 Å². The van der Waals surface area contributed by atoms with Crippen molar-refractivity contribution in [2.24, 2.45) is 29.1 Å². The Bertz CT molecular complexity index is 3360. The topological polar surface area (TPSA) is 145 Å². The Kier molecular flexibility index (Phi) is 10.7. The molecule has 0 saturated carbocycles. The van der Waals surface area contributed by atoms with Crippen LogP contribution in [-0.4, -0.2) is 55.6 Å². The summed E-state index contributed by atoms with van der Waals surface area (Å²) in [5.41, 5.74) is 22.4. The summed E-state index contributed by atoms with van der Waals surface area (Å²) < 4.78 is 12.6. The van der Waals surface area contributed by atoms with E-state index in [1.165, 1.54) is 6.33 Å². The molecule has 4 N–H and O–H groups in total. The number of nitrogens with one attached hydrogen (secondary N) is 2. The summed E-state index contributed by atoms with van der Waals surface area (Å²) in [7, 11) is 6.08. The van der Waals surface area contributed by atoms with Gasteiger partial charge < -0.3 is 20.4 Å². The number of nitrogens with zero attached hydrogens (tertiary/aromatic N) is 9. The summed E-state index contributed by atoms with van der Waals surface area (Å²) in [6, 6.07) is 21.1. The van der Waals surface area contributed by atoms with E-state index < -0.39 is 0 Å². The van der Waals surface area contributed by atoms with E-state index in [0.29, 0.717) is 12.4 Å². The van der Waals surface area contributed by atoms with Crippen LogP contribution in [0.3, 0.4) is 0 Å². The number of imidazole rings is 1. The number of aryl methyl sites for hydroxylation is 3. The fourth-order valence-electron chi connectivity index (χ4n) is 8.96. The number of H-pyrrole nitrogens is 2. The number of allylic oxidation sites excluding steroid dienone is 11. The lowest BCUT2D eigenvalue weighted by Gasteiger charge is -2.16. The number of benzene rings is 1. The van der Waals surface area contributed by atoms with Crippen molar-refractivity contribution in [3.63, 3.8) is 0 Å². The number of nitrogen functional groups attached to an aromatic ring is 1. The van der Waals surface area contributed by atoms with Crippen molar-refractivity contribution in [1.82, 2.24) is 24.8 Å². The molecule has 67 heavy (non-hydrogen) atoms. The Morgan fingerprint density at radius 3 is 1.85 bits per heavy atom. The highest BCUT2D eigenvalue weighted by Crippen LogP contribution is 2.38. The highest BCUT2D eigenvalue weighted by Gasteiger charge is 2.28. The molecular formula is C54H49N12O+3. The largest absolute Gasteiger partial charge is 0.494 e. The third-order valence-electron chi connectivity index (χ3n) is 12.4. The molecule has 6 aromatic rings. The summed E-state index contributed by atoms with van der Waals surface area (Å²) in [5, 5.41) is 0. The number of aromatic amines is 2. The van der Waals surface area contributed by atoms with Crippen LogP contribution in [0.1, 0.15) is 47.3 Å². The van der Waals surface area contributed by atoms with Crippen LogP contribution in [0, 0.1) is 0 Å². The van der Waals surface area contributed by atoms with Gasteiger partial charge in [0.15, 0.2) is 43.3 Å². The standard InChI is InChI=1S/C54H48N12O/c1-63-25-18-35(19-26-63)48-40-10-12-42(59-40)49(36-20-27-64(2)28-21-36)44-14-16-46(61-44)51(47-17-15-45(62-47)50(43-13-11-41(48)60-43)37-22-29-65(3)30-23-37)38-8-7-9-39(32-38)67-31-6-4-5-24-66-34-58-52-53(55)56-33-57-54(52)66/h7-23,25-30,32-34H,4-6,24,31H2,1-3H3,(H3,55,56,57,59,60,61,62)/q+2/p+1. The number of ether oxygens (including phenoxy) is 1. The second-order valence-electron chi connectivity index (χ2n) is 17.1. The van der Waals surface area contributed by atoms with Gasteiger partial charge in [0.25, 0.3) is 0 Å². The van der Waals surface area contributed by atoms with Crippen molar-refractivity contribution in [1.29, 1.82) is 0 Å². The molecule has 5 aliphatic heterocycles. The van der Waals surface area contributed by atoms with Crippen LogP contribution in [0.2, 0.25) is 0 Å². The summed E-state index contributed by atoms with van der Waals surface area (Å²) in [4.78, 5) is 33.9. The first-order valence-corrected chi connectivity index (χ1v) is 22.5. The van der Waals surface area contributed by atoms with Gasteiger partial charge in [-0.1, -0.05) is 17.1 Å². The Labute approximate surface area is 388 Å². The molecule has 0 amide bonds. The molecule has 0 spiro atoms. The quantitative estimate of drug-likeness (QED) is 0.0978. The number of pyridine rings is 2. The van der Waals surface area contributed by atoms with Crippen molar-refractivity contribution in [3.8, 4) is 5.75 Å². The predicted octanol–water partition coefficient (Wildman–Crippen LogP) is 7.30. The summed E-state index contributed by atoms with van der Waals surface area (Å²) in [6.45, 7) is 1.40. The van der Waals surface area contributed by atoms with E-state index in [2.05, 4.69) is 159 Å². The normalized spacial score (nSPS) is 16.3. The smallest absolute Gasteiger partial charge is 0.307 e. The molecule has 0 atom stereocenters. The van der Waals surface area contributed by atoms with Crippen LogP contribution in [0.5, 0.6) is 5.75 Å². The number of nitrogens with two attached hydrogens (primary N) is 1. The molecule has 13 nitrogen and oxygen atoms in total.